The average molecular weight is 290 g/mol. The number of amides is 1. The number of carboxylic acid groups (broad SMARTS) is 1. The van der Waals surface area contributed by atoms with E-state index in [9.17, 15) is 9.59 Å². The number of nitrogens with two attached hydrogens (primary N) is 1. The lowest BCUT2D eigenvalue weighted by Crippen LogP contribution is -2.42. The van der Waals surface area contributed by atoms with Gasteiger partial charge in [-0.3, -0.25) is 9.59 Å². The molecule has 0 radical (unpaired) electrons. The summed E-state index contributed by atoms with van der Waals surface area (Å²) in [5.74, 6) is -1.10. The van der Waals surface area contributed by atoms with E-state index in [4.69, 9.17) is 10.8 Å². The molecule has 1 fully saturated rings. The number of likely N-dealkylation sites (tertiary alicyclic amines) is 1. The summed E-state index contributed by atoms with van der Waals surface area (Å²) < 4.78 is 0. The summed E-state index contributed by atoms with van der Waals surface area (Å²) in [6, 6.07) is 7.53. The van der Waals surface area contributed by atoms with Crippen LogP contribution in [0.4, 0.5) is 5.69 Å². The fraction of sp³-hybridized carbons (Fsp3) is 0.500. The van der Waals surface area contributed by atoms with Crippen molar-refractivity contribution in [2.75, 3.05) is 18.8 Å². The van der Waals surface area contributed by atoms with Crippen molar-refractivity contribution in [2.24, 2.45) is 5.92 Å². The van der Waals surface area contributed by atoms with E-state index in [1.54, 1.807) is 4.90 Å². The molecule has 5 nitrogen and oxygen atoms in total. The Labute approximate surface area is 124 Å². The topological polar surface area (TPSA) is 83.6 Å². The Balaban J connectivity index is 1.94. The Hall–Kier alpha value is -2.04. The fourth-order valence-electron chi connectivity index (χ4n) is 2.74. The van der Waals surface area contributed by atoms with Crippen molar-refractivity contribution in [2.45, 2.75) is 32.1 Å². The smallest absolute Gasteiger partial charge is 0.308 e. The van der Waals surface area contributed by atoms with Gasteiger partial charge in [-0.15, -0.1) is 0 Å². The molecular formula is C16H22N2O3. The number of anilines is 1. The molecule has 21 heavy (non-hydrogen) atoms. The number of nitrogen functional groups attached to an aromatic ring is 1. The summed E-state index contributed by atoms with van der Waals surface area (Å²) in [5.41, 5.74) is 7.44. The molecule has 0 spiro atoms. The second-order valence-corrected chi connectivity index (χ2v) is 5.79. The van der Waals surface area contributed by atoms with Gasteiger partial charge in [0, 0.05) is 25.2 Å². The molecule has 0 aromatic heterocycles. The molecule has 1 aliphatic rings. The Kier molecular flexibility index (Phi) is 4.83. The molecule has 1 aliphatic heterocycles. The van der Waals surface area contributed by atoms with Crippen LogP contribution in [0.2, 0.25) is 0 Å². The molecule has 1 amide bonds. The second-order valence-electron chi connectivity index (χ2n) is 5.79. The molecule has 0 saturated carbocycles. The highest BCUT2D eigenvalue weighted by Crippen LogP contribution is 2.23. The molecule has 114 valence electrons. The first-order chi connectivity index (χ1) is 9.97. The number of piperidine rings is 1. The van der Waals surface area contributed by atoms with E-state index in [1.807, 2.05) is 31.2 Å². The van der Waals surface area contributed by atoms with E-state index in [1.165, 1.54) is 0 Å². The Morgan fingerprint density at radius 1 is 1.38 bits per heavy atom. The van der Waals surface area contributed by atoms with Gasteiger partial charge in [0.1, 0.15) is 0 Å². The highest BCUT2D eigenvalue weighted by Gasteiger charge is 2.28. The summed E-state index contributed by atoms with van der Waals surface area (Å²) in [4.78, 5) is 25.1. The average Bonchev–Trinajstić information content (AvgIpc) is 2.48. The van der Waals surface area contributed by atoms with E-state index >= 15 is 0 Å². The predicted molar refractivity (Wildman–Crippen MR) is 80.8 cm³/mol. The number of nitrogens with zero attached hydrogens (tertiary/aromatic N) is 1. The molecular weight excluding hydrogens is 268 g/mol. The van der Waals surface area contributed by atoms with E-state index in [0.29, 0.717) is 31.6 Å². The Morgan fingerprint density at radius 2 is 2.05 bits per heavy atom. The van der Waals surface area contributed by atoms with E-state index < -0.39 is 11.9 Å². The number of carbonyl (C=O) groups is 2. The minimum absolute atomic E-state index is 0.0327. The fourth-order valence-corrected chi connectivity index (χ4v) is 2.74. The first-order valence-corrected chi connectivity index (χ1v) is 7.33. The zero-order chi connectivity index (χ0) is 15.4. The number of aliphatic carboxylic acids is 1. The maximum absolute atomic E-state index is 12.3. The first kappa shape index (κ1) is 15.4. The summed E-state index contributed by atoms with van der Waals surface area (Å²) in [5, 5.41) is 9.07. The summed E-state index contributed by atoms with van der Waals surface area (Å²) in [6.07, 6.45) is 1.82. The van der Waals surface area contributed by atoms with Crippen LogP contribution in [-0.2, 0) is 9.59 Å². The molecule has 5 heteroatoms. The van der Waals surface area contributed by atoms with Crippen molar-refractivity contribution in [3.05, 3.63) is 29.8 Å². The Bertz CT molecular complexity index is 513. The summed E-state index contributed by atoms with van der Waals surface area (Å²) in [7, 11) is 0. The van der Waals surface area contributed by atoms with Crippen LogP contribution in [0.15, 0.2) is 24.3 Å². The van der Waals surface area contributed by atoms with Gasteiger partial charge in [-0.1, -0.05) is 19.1 Å². The van der Waals surface area contributed by atoms with Gasteiger partial charge in [0.2, 0.25) is 5.91 Å². The molecule has 1 heterocycles. The molecule has 1 aromatic carbocycles. The number of benzene rings is 1. The lowest BCUT2D eigenvalue weighted by Gasteiger charge is -2.31. The van der Waals surface area contributed by atoms with Crippen molar-refractivity contribution >= 4 is 17.6 Å². The van der Waals surface area contributed by atoms with Crippen LogP contribution >= 0.6 is 0 Å². The highest BCUT2D eigenvalue weighted by atomic mass is 16.4. The van der Waals surface area contributed by atoms with Crippen molar-refractivity contribution in [1.29, 1.82) is 0 Å². The van der Waals surface area contributed by atoms with Gasteiger partial charge in [0.15, 0.2) is 0 Å². The van der Waals surface area contributed by atoms with Gasteiger partial charge < -0.3 is 15.7 Å². The maximum Gasteiger partial charge on any atom is 0.308 e. The lowest BCUT2D eigenvalue weighted by molar-refractivity contribution is -0.145. The van der Waals surface area contributed by atoms with Crippen LogP contribution < -0.4 is 5.73 Å². The van der Waals surface area contributed by atoms with Gasteiger partial charge >= 0.3 is 5.97 Å². The third-order valence-corrected chi connectivity index (χ3v) is 4.11. The largest absolute Gasteiger partial charge is 0.481 e. The van der Waals surface area contributed by atoms with Gasteiger partial charge in [-0.05, 0) is 36.5 Å². The second kappa shape index (κ2) is 6.61. The first-order valence-electron chi connectivity index (χ1n) is 7.33. The predicted octanol–water partition coefficient (Wildman–Crippen LogP) is 2.09. The van der Waals surface area contributed by atoms with Gasteiger partial charge in [0.25, 0.3) is 0 Å². The summed E-state index contributed by atoms with van der Waals surface area (Å²) >= 11 is 0. The molecule has 3 N–H and O–H groups in total. The van der Waals surface area contributed by atoms with E-state index in [2.05, 4.69) is 0 Å². The van der Waals surface area contributed by atoms with Crippen molar-refractivity contribution in [3.63, 3.8) is 0 Å². The van der Waals surface area contributed by atoms with Gasteiger partial charge in [0.05, 0.1) is 5.92 Å². The molecule has 2 atom stereocenters. The minimum Gasteiger partial charge on any atom is -0.481 e. The van der Waals surface area contributed by atoms with Gasteiger partial charge in [-0.25, -0.2) is 0 Å². The number of hydrogen-bond acceptors (Lipinski definition) is 3. The quantitative estimate of drug-likeness (QED) is 0.832. The molecule has 2 rings (SSSR count). The standard InChI is InChI=1S/C16H22N2O3/c1-11(12-4-6-14(17)7-5-12)9-15(19)18-8-2-3-13(10-18)16(20)21/h4-7,11,13H,2-3,8-10,17H2,1H3,(H,20,21)/t11?,13-/m0/s1. The SMILES string of the molecule is CC(CC(=O)N1CCC[C@H](C(=O)O)C1)c1ccc(N)cc1. The molecule has 1 saturated heterocycles. The monoisotopic (exact) mass is 290 g/mol. The zero-order valence-electron chi connectivity index (χ0n) is 12.3. The number of carbonyl (C=O) groups excluding carboxylic acids is 1. The minimum atomic E-state index is -0.806. The van der Waals surface area contributed by atoms with Crippen LogP contribution in [0.25, 0.3) is 0 Å². The normalized spacial score (nSPS) is 20.0. The third kappa shape index (κ3) is 3.97. The highest BCUT2D eigenvalue weighted by molar-refractivity contribution is 5.78. The van der Waals surface area contributed by atoms with Crippen LogP contribution in [0, 0.1) is 5.92 Å². The number of hydrogen-bond donors (Lipinski definition) is 2. The third-order valence-electron chi connectivity index (χ3n) is 4.11. The van der Waals surface area contributed by atoms with E-state index in [0.717, 1.165) is 12.0 Å². The Morgan fingerprint density at radius 3 is 2.67 bits per heavy atom. The summed E-state index contributed by atoms with van der Waals surface area (Å²) in [6.45, 7) is 3.00. The number of rotatable bonds is 4. The molecule has 1 unspecified atom stereocenters. The van der Waals surface area contributed by atoms with Crippen LogP contribution in [-0.4, -0.2) is 35.0 Å². The lowest BCUT2D eigenvalue weighted by atomic mass is 9.94. The van der Waals surface area contributed by atoms with Crippen molar-refractivity contribution in [1.82, 2.24) is 4.90 Å². The van der Waals surface area contributed by atoms with E-state index in [-0.39, 0.29) is 11.8 Å². The van der Waals surface area contributed by atoms with Crippen LogP contribution in [0.5, 0.6) is 0 Å². The molecule has 0 bridgehead atoms. The molecule has 0 aliphatic carbocycles. The van der Waals surface area contributed by atoms with Gasteiger partial charge in [-0.2, -0.15) is 0 Å². The van der Waals surface area contributed by atoms with Crippen LogP contribution in [0.1, 0.15) is 37.7 Å². The zero-order valence-corrected chi connectivity index (χ0v) is 12.3. The van der Waals surface area contributed by atoms with Crippen molar-refractivity contribution < 1.29 is 14.7 Å². The molecule has 1 aromatic rings. The number of carboxylic acids is 1. The van der Waals surface area contributed by atoms with Crippen LogP contribution in [0.3, 0.4) is 0 Å². The van der Waals surface area contributed by atoms with Crippen molar-refractivity contribution in [3.8, 4) is 0 Å². The maximum atomic E-state index is 12.3.